The molecule has 1 fully saturated rings. The molecule has 3 amide bonds. The molecule has 3 aromatic carbocycles. The van der Waals surface area contributed by atoms with Crippen LogP contribution in [0.4, 0.5) is 5.69 Å². The average molecular weight is 485 g/mol. The van der Waals surface area contributed by atoms with Crippen LogP contribution in [-0.2, 0) is 32.1 Å². The monoisotopic (exact) mass is 484 g/mol. The Kier molecular flexibility index (Phi) is 7.59. The van der Waals surface area contributed by atoms with Crippen LogP contribution in [0, 0.1) is 6.92 Å². The van der Waals surface area contributed by atoms with Crippen LogP contribution in [0.25, 0.3) is 0 Å². The van der Waals surface area contributed by atoms with Crippen molar-refractivity contribution in [3.05, 3.63) is 101 Å². The van der Waals surface area contributed by atoms with Gasteiger partial charge in [0.25, 0.3) is 5.91 Å². The number of hydrogen-bond donors (Lipinski definition) is 0. The van der Waals surface area contributed by atoms with E-state index < -0.39 is 23.8 Å². The average Bonchev–Trinajstić information content (AvgIpc) is 3.17. The third kappa shape index (κ3) is 5.51. The van der Waals surface area contributed by atoms with Crippen LogP contribution in [0.5, 0.6) is 0 Å². The highest BCUT2D eigenvalue weighted by Crippen LogP contribution is 2.28. The van der Waals surface area contributed by atoms with Crippen molar-refractivity contribution >= 4 is 29.4 Å². The Bertz CT molecular complexity index is 1250. The molecule has 0 aliphatic carbocycles. The molecular formula is C29H28N2O5. The Labute approximate surface area is 210 Å². The van der Waals surface area contributed by atoms with Gasteiger partial charge >= 0.3 is 5.97 Å². The number of ether oxygens (including phenoxy) is 1. The molecule has 0 N–H and O–H groups in total. The van der Waals surface area contributed by atoms with E-state index in [0.717, 1.165) is 21.6 Å². The third-order valence-electron chi connectivity index (χ3n) is 6.13. The Balaban J connectivity index is 1.59. The number of aryl methyl sites for hydroxylation is 1. The van der Waals surface area contributed by atoms with Gasteiger partial charge in [0.1, 0.15) is 6.04 Å². The fourth-order valence-corrected chi connectivity index (χ4v) is 4.23. The Morgan fingerprint density at radius 3 is 2.22 bits per heavy atom. The predicted octanol–water partition coefficient (Wildman–Crippen LogP) is 4.08. The predicted molar refractivity (Wildman–Crippen MR) is 135 cm³/mol. The zero-order valence-electron chi connectivity index (χ0n) is 20.3. The maximum absolute atomic E-state index is 13.5. The number of anilines is 1. The quantitative estimate of drug-likeness (QED) is 0.355. The summed E-state index contributed by atoms with van der Waals surface area (Å²) in [6.07, 6.45) is 0.0176. The van der Waals surface area contributed by atoms with Gasteiger partial charge in [-0.05, 0) is 49.2 Å². The highest BCUT2D eigenvalue weighted by molar-refractivity contribution is 6.23. The number of esters is 1. The highest BCUT2D eigenvalue weighted by Gasteiger charge is 2.44. The highest BCUT2D eigenvalue weighted by atomic mass is 16.5. The van der Waals surface area contributed by atoms with Crippen molar-refractivity contribution in [1.29, 1.82) is 0 Å². The van der Waals surface area contributed by atoms with Gasteiger partial charge in [-0.15, -0.1) is 0 Å². The van der Waals surface area contributed by atoms with Gasteiger partial charge in [0, 0.05) is 6.54 Å². The number of rotatable bonds is 8. The van der Waals surface area contributed by atoms with E-state index in [1.165, 1.54) is 17.0 Å². The number of nitrogens with zero attached hydrogens (tertiary/aromatic N) is 2. The number of amides is 3. The van der Waals surface area contributed by atoms with Crippen LogP contribution in [-0.4, -0.2) is 41.2 Å². The largest absolute Gasteiger partial charge is 0.462 e. The van der Waals surface area contributed by atoms with Crippen LogP contribution in [0.3, 0.4) is 0 Å². The van der Waals surface area contributed by atoms with Crippen molar-refractivity contribution < 1.29 is 23.9 Å². The van der Waals surface area contributed by atoms with E-state index in [0.29, 0.717) is 11.3 Å². The van der Waals surface area contributed by atoms with Gasteiger partial charge in [-0.25, -0.2) is 9.69 Å². The van der Waals surface area contributed by atoms with Crippen LogP contribution >= 0.6 is 0 Å². The van der Waals surface area contributed by atoms with Crippen LogP contribution in [0.1, 0.15) is 40.4 Å². The fraction of sp³-hybridized carbons (Fsp3) is 0.241. The topological polar surface area (TPSA) is 84.0 Å². The standard InChI is InChI=1S/C29H28N2O5/c1-3-36-29(35)23-13-15-24(16-14-23)31-27(33)18-25(28(31)34)30(19-22-11-9-20(2)10-12-22)26(32)17-21-7-5-4-6-8-21/h4-16,25H,3,17-19H2,1-2H3. The van der Waals surface area contributed by atoms with Crippen molar-refractivity contribution in [2.24, 2.45) is 0 Å². The molecule has 7 heteroatoms. The van der Waals surface area contributed by atoms with Crippen LogP contribution in [0.2, 0.25) is 0 Å². The molecule has 4 rings (SSSR count). The Morgan fingerprint density at radius 2 is 1.58 bits per heavy atom. The lowest BCUT2D eigenvalue weighted by Crippen LogP contribution is -2.45. The third-order valence-corrected chi connectivity index (χ3v) is 6.13. The summed E-state index contributed by atoms with van der Waals surface area (Å²) in [4.78, 5) is 54.5. The Morgan fingerprint density at radius 1 is 0.917 bits per heavy atom. The summed E-state index contributed by atoms with van der Waals surface area (Å²) in [6.45, 7) is 4.16. The molecule has 1 aliphatic rings. The van der Waals surface area contributed by atoms with E-state index in [4.69, 9.17) is 4.74 Å². The molecule has 1 aliphatic heterocycles. The van der Waals surface area contributed by atoms with E-state index in [1.54, 1.807) is 19.1 Å². The summed E-state index contributed by atoms with van der Waals surface area (Å²) >= 11 is 0. The maximum atomic E-state index is 13.5. The van der Waals surface area contributed by atoms with Crippen molar-refractivity contribution in [2.75, 3.05) is 11.5 Å². The second-order valence-electron chi connectivity index (χ2n) is 8.72. The minimum Gasteiger partial charge on any atom is -0.462 e. The van der Waals surface area contributed by atoms with E-state index >= 15 is 0 Å². The molecule has 7 nitrogen and oxygen atoms in total. The molecule has 1 heterocycles. The lowest BCUT2D eigenvalue weighted by molar-refractivity contribution is -0.138. The van der Waals surface area contributed by atoms with Gasteiger partial charge in [0.05, 0.1) is 30.7 Å². The van der Waals surface area contributed by atoms with Crippen LogP contribution in [0.15, 0.2) is 78.9 Å². The van der Waals surface area contributed by atoms with Gasteiger partial charge < -0.3 is 9.64 Å². The van der Waals surface area contributed by atoms with Crippen molar-refractivity contribution in [1.82, 2.24) is 4.90 Å². The molecule has 184 valence electrons. The molecule has 0 saturated carbocycles. The zero-order chi connectivity index (χ0) is 25.7. The second kappa shape index (κ2) is 11.0. The normalized spacial score (nSPS) is 15.2. The molecule has 0 radical (unpaired) electrons. The van der Waals surface area contributed by atoms with E-state index in [9.17, 15) is 19.2 Å². The molecule has 36 heavy (non-hydrogen) atoms. The fourth-order valence-electron chi connectivity index (χ4n) is 4.23. The summed E-state index contributed by atoms with van der Waals surface area (Å²) in [5.74, 6) is -1.56. The van der Waals surface area contributed by atoms with Gasteiger partial charge in [-0.1, -0.05) is 60.2 Å². The number of carbonyl (C=O) groups is 4. The smallest absolute Gasteiger partial charge is 0.338 e. The first-order valence-electron chi connectivity index (χ1n) is 11.9. The molecular weight excluding hydrogens is 456 g/mol. The molecule has 0 spiro atoms. The van der Waals surface area contributed by atoms with E-state index in [1.807, 2.05) is 61.5 Å². The summed E-state index contributed by atoms with van der Waals surface area (Å²) in [7, 11) is 0. The van der Waals surface area contributed by atoms with E-state index in [-0.39, 0.29) is 31.9 Å². The van der Waals surface area contributed by atoms with Gasteiger partial charge in [-0.3, -0.25) is 14.4 Å². The van der Waals surface area contributed by atoms with Crippen molar-refractivity contribution in [3.63, 3.8) is 0 Å². The molecule has 1 unspecified atom stereocenters. The SMILES string of the molecule is CCOC(=O)c1ccc(N2C(=O)CC(N(Cc3ccc(C)cc3)C(=O)Cc3ccccc3)C2=O)cc1. The maximum Gasteiger partial charge on any atom is 0.338 e. The minimum absolute atomic E-state index is 0.106. The first-order chi connectivity index (χ1) is 17.4. The lowest BCUT2D eigenvalue weighted by Gasteiger charge is -2.28. The molecule has 1 saturated heterocycles. The summed E-state index contributed by atoms with van der Waals surface area (Å²) < 4.78 is 4.99. The molecule has 0 bridgehead atoms. The first-order valence-corrected chi connectivity index (χ1v) is 11.9. The van der Waals surface area contributed by atoms with Crippen LogP contribution < -0.4 is 4.90 Å². The summed E-state index contributed by atoms with van der Waals surface area (Å²) in [5.41, 5.74) is 3.48. The Hall–Kier alpha value is -4.26. The zero-order valence-corrected chi connectivity index (χ0v) is 20.3. The molecule has 0 aromatic heterocycles. The summed E-state index contributed by atoms with van der Waals surface area (Å²) in [5, 5.41) is 0. The van der Waals surface area contributed by atoms with Gasteiger partial charge in [0.15, 0.2) is 0 Å². The molecule has 3 aromatic rings. The number of benzene rings is 3. The lowest BCUT2D eigenvalue weighted by atomic mass is 10.1. The number of hydrogen-bond acceptors (Lipinski definition) is 5. The minimum atomic E-state index is -0.917. The second-order valence-corrected chi connectivity index (χ2v) is 8.72. The molecule has 1 atom stereocenters. The number of imide groups is 1. The first kappa shape index (κ1) is 24.9. The van der Waals surface area contributed by atoms with E-state index in [2.05, 4.69) is 0 Å². The van der Waals surface area contributed by atoms with Crippen molar-refractivity contribution in [2.45, 2.75) is 39.3 Å². The van der Waals surface area contributed by atoms with Gasteiger partial charge in [0.2, 0.25) is 11.8 Å². The summed E-state index contributed by atoms with van der Waals surface area (Å²) in [6, 6.07) is 22.3. The number of carbonyl (C=O) groups excluding carboxylic acids is 4. The van der Waals surface area contributed by atoms with Gasteiger partial charge in [-0.2, -0.15) is 0 Å². The van der Waals surface area contributed by atoms with Crippen molar-refractivity contribution in [3.8, 4) is 0 Å².